The van der Waals surface area contributed by atoms with Crippen LogP contribution in [0.1, 0.15) is 32.6 Å². The van der Waals surface area contributed by atoms with E-state index in [-0.39, 0.29) is 5.41 Å². The molecule has 0 unspecified atom stereocenters. The highest BCUT2D eigenvalue weighted by atomic mass is 16.7. The number of methoxy groups -OCH3 is 1. The van der Waals surface area contributed by atoms with Crippen LogP contribution >= 0.6 is 0 Å². The maximum absolute atomic E-state index is 9.15. The van der Waals surface area contributed by atoms with Crippen molar-refractivity contribution in [2.45, 2.75) is 38.7 Å². The second kappa shape index (κ2) is 4.94. The maximum Gasteiger partial charge on any atom is 0.146 e. The van der Waals surface area contributed by atoms with Gasteiger partial charge in [-0.2, -0.15) is 0 Å². The Hall–Kier alpha value is -0.120. The molecule has 78 valence electrons. The average Bonchev–Trinajstić information content (AvgIpc) is 2.17. The molecule has 3 heteroatoms. The monoisotopic (exact) mass is 188 g/mol. The molecule has 0 saturated heterocycles. The molecule has 0 aliphatic heterocycles. The van der Waals surface area contributed by atoms with Gasteiger partial charge in [0.2, 0.25) is 0 Å². The standard InChI is InChI=1S/C10H20O3/c1-10(7-11)5-3-9(4-6-10)13-8-12-2/h9,11H,3-8H2,1-2H3. The number of rotatable bonds is 4. The van der Waals surface area contributed by atoms with E-state index >= 15 is 0 Å². The minimum Gasteiger partial charge on any atom is -0.396 e. The van der Waals surface area contributed by atoms with Gasteiger partial charge in [-0.05, 0) is 31.1 Å². The Bertz CT molecular complexity index is 139. The van der Waals surface area contributed by atoms with Gasteiger partial charge in [-0.3, -0.25) is 0 Å². The van der Waals surface area contributed by atoms with Crippen molar-refractivity contribution in [1.29, 1.82) is 0 Å². The number of ether oxygens (including phenoxy) is 2. The summed E-state index contributed by atoms with van der Waals surface area (Å²) in [7, 11) is 1.64. The molecule has 1 rings (SSSR count). The zero-order valence-electron chi connectivity index (χ0n) is 8.58. The van der Waals surface area contributed by atoms with E-state index in [4.69, 9.17) is 14.6 Å². The van der Waals surface area contributed by atoms with Gasteiger partial charge in [-0.1, -0.05) is 6.92 Å². The van der Waals surface area contributed by atoms with Gasteiger partial charge in [0.15, 0.2) is 0 Å². The van der Waals surface area contributed by atoms with Crippen LogP contribution in [0.3, 0.4) is 0 Å². The molecule has 0 atom stereocenters. The number of aliphatic hydroxyl groups is 1. The van der Waals surface area contributed by atoms with Crippen LogP contribution in [0.4, 0.5) is 0 Å². The van der Waals surface area contributed by atoms with E-state index in [1.807, 2.05) is 0 Å². The Balaban J connectivity index is 2.22. The first kappa shape index (κ1) is 11.0. The van der Waals surface area contributed by atoms with Crippen LogP contribution in [0.5, 0.6) is 0 Å². The van der Waals surface area contributed by atoms with Gasteiger partial charge in [0, 0.05) is 13.7 Å². The van der Waals surface area contributed by atoms with Gasteiger partial charge < -0.3 is 14.6 Å². The third-order valence-electron chi connectivity index (χ3n) is 2.94. The van der Waals surface area contributed by atoms with Gasteiger partial charge in [0.05, 0.1) is 6.10 Å². The van der Waals surface area contributed by atoms with Crippen molar-refractivity contribution in [2.24, 2.45) is 5.41 Å². The summed E-state index contributed by atoms with van der Waals surface area (Å²) in [6.45, 7) is 2.82. The Morgan fingerprint density at radius 2 is 2.00 bits per heavy atom. The predicted molar refractivity (Wildman–Crippen MR) is 50.4 cm³/mol. The minimum atomic E-state index is 0.132. The highest BCUT2D eigenvalue weighted by molar-refractivity contribution is 4.81. The summed E-state index contributed by atoms with van der Waals surface area (Å²) in [5.41, 5.74) is 0.132. The van der Waals surface area contributed by atoms with Gasteiger partial charge in [-0.25, -0.2) is 0 Å². The van der Waals surface area contributed by atoms with Gasteiger partial charge in [-0.15, -0.1) is 0 Å². The van der Waals surface area contributed by atoms with Crippen LogP contribution in [-0.2, 0) is 9.47 Å². The Labute approximate surface area is 80.0 Å². The van der Waals surface area contributed by atoms with E-state index in [0.717, 1.165) is 25.7 Å². The van der Waals surface area contributed by atoms with Gasteiger partial charge in [0.1, 0.15) is 6.79 Å². The van der Waals surface area contributed by atoms with Crippen molar-refractivity contribution >= 4 is 0 Å². The molecule has 1 N–H and O–H groups in total. The Morgan fingerprint density at radius 1 is 1.38 bits per heavy atom. The smallest absolute Gasteiger partial charge is 0.146 e. The molecule has 1 aliphatic rings. The summed E-state index contributed by atoms with van der Waals surface area (Å²) in [4.78, 5) is 0. The first-order chi connectivity index (χ1) is 6.20. The van der Waals surface area contributed by atoms with Crippen LogP contribution in [-0.4, -0.2) is 31.7 Å². The van der Waals surface area contributed by atoms with Crippen LogP contribution in [0.25, 0.3) is 0 Å². The molecule has 0 spiro atoms. The SMILES string of the molecule is COCOC1CCC(C)(CO)CC1. The van der Waals surface area contributed by atoms with E-state index in [2.05, 4.69) is 6.92 Å². The molecule has 0 heterocycles. The van der Waals surface area contributed by atoms with Crippen molar-refractivity contribution in [3.8, 4) is 0 Å². The van der Waals surface area contributed by atoms with Crippen molar-refractivity contribution in [3.63, 3.8) is 0 Å². The van der Waals surface area contributed by atoms with E-state index in [9.17, 15) is 0 Å². The highest BCUT2D eigenvalue weighted by Crippen LogP contribution is 2.36. The fraction of sp³-hybridized carbons (Fsp3) is 1.00. The summed E-state index contributed by atoms with van der Waals surface area (Å²) in [6, 6.07) is 0. The molecular formula is C10H20O3. The van der Waals surface area contributed by atoms with E-state index in [1.54, 1.807) is 7.11 Å². The normalized spacial score (nSPS) is 34.8. The third-order valence-corrected chi connectivity index (χ3v) is 2.94. The lowest BCUT2D eigenvalue weighted by molar-refractivity contribution is -0.0952. The largest absolute Gasteiger partial charge is 0.396 e. The molecule has 3 nitrogen and oxygen atoms in total. The maximum atomic E-state index is 9.15. The first-order valence-electron chi connectivity index (χ1n) is 4.91. The number of hydrogen-bond donors (Lipinski definition) is 1. The summed E-state index contributed by atoms with van der Waals surface area (Å²) in [6.07, 6.45) is 4.52. The molecule has 0 aromatic heterocycles. The van der Waals surface area contributed by atoms with E-state index in [0.29, 0.717) is 19.5 Å². The van der Waals surface area contributed by atoms with Gasteiger partial charge in [0.25, 0.3) is 0 Å². The van der Waals surface area contributed by atoms with Crippen molar-refractivity contribution < 1.29 is 14.6 Å². The lowest BCUT2D eigenvalue weighted by atomic mass is 9.75. The van der Waals surface area contributed by atoms with E-state index in [1.165, 1.54) is 0 Å². The first-order valence-corrected chi connectivity index (χ1v) is 4.91. The number of aliphatic hydroxyl groups excluding tert-OH is 1. The molecule has 0 amide bonds. The van der Waals surface area contributed by atoms with Crippen LogP contribution in [0, 0.1) is 5.41 Å². The lowest BCUT2D eigenvalue weighted by Gasteiger charge is -2.35. The lowest BCUT2D eigenvalue weighted by Crippen LogP contribution is -2.31. The average molecular weight is 188 g/mol. The number of hydrogen-bond acceptors (Lipinski definition) is 3. The molecule has 1 saturated carbocycles. The summed E-state index contributed by atoms with van der Waals surface area (Å²) < 4.78 is 10.3. The van der Waals surface area contributed by atoms with Crippen molar-refractivity contribution in [3.05, 3.63) is 0 Å². The zero-order valence-corrected chi connectivity index (χ0v) is 8.58. The van der Waals surface area contributed by atoms with Crippen LogP contribution in [0.2, 0.25) is 0 Å². The zero-order chi connectivity index (χ0) is 9.73. The third kappa shape index (κ3) is 3.25. The molecule has 13 heavy (non-hydrogen) atoms. The van der Waals surface area contributed by atoms with Crippen LogP contribution < -0.4 is 0 Å². The van der Waals surface area contributed by atoms with Crippen molar-refractivity contribution in [2.75, 3.05) is 20.5 Å². The molecule has 1 aliphatic carbocycles. The fourth-order valence-electron chi connectivity index (χ4n) is 1.78. The van der Waals surface area contributed by atoms with Crippen molar-refractivity contribution in [1.82, 2.24) is 0 Å². The second-order valence-corrected chi connectivity index (χ2v) is 4.24. The fourth-order valence-corrected chi connectivity index (χ4v) is 1.78. The quantitative estimate of drug-likeness (QED) is 0.680. The summed E-state index contributed by atoms with van der Waals surface area (Å²) in [5, 5.41) is 9.15. The molecule has 1 fully saturated rings. The second-order valence-electron chi connectivity index (χ2n) is 4.24. The van der Waals surface area contributed by atoms with Gasteiger partial charge >= 0.3 is 0 Å². The molecule has 0 aromatic rings. The predicted octanol–water partition coefficient (Wildman–Crippen LogP) is 1.55. The Kier molecular flexibility index (Phi) is 4.16. The molecule has 0 bridgehead atoms. The van der Waals surface area contributed by atoms with E-state index < -0.39 is 0 Å². The molecule has 0 aromatic carbocycles. The van der Waals surface area contributed by atoms with Crippen LogP contribution in [0.15, 0.2) is 0 Å². The summed E-state index contributed by atoms with van der Waals surface area (Å²) >= 11 is 0. The Morgan fingerprint density at radius 3 is 2.46 bits per heavy atom. The molecule has 0 radical (unpaired) electrons. The molecular weight excluding hydrogens is 168 g/mol. The minimum absolute atomic E-state index is 0.132. The highest BCUT2D eigenvalue weighted by Gasteiger charge is 2.30. The topological polar surface area (TPSA) is 38.7 Å². The summed E-state index contributed by atoms with van der Waals surface area (Å²) in [5.74, 6) is 0.